The van der Waals surface area contributed by atoms with E-state index < -0.39 is 11.9 Å². The largest absolute Gasteiger partial charge is 0.463 e. The standard InChI is InChI=1S/C16H17NO4/c1-2-3-4-11-20-15(18)9-10-16(19)21-14-7-5-13(12-17)6-8-14/h5-10H,2-4,11H2,1H3/b10-9+. The highest BCUT2D eigenvalue weighted by Crippen LogP contribution is 2.11. The zero-order chi connectivity index (χ0) is 15.5. The van der Waals surface area contributed by atoms with Crippen molar-refractivity contribution >= 4 is 11.9 Å². The topological polar surface area (TPSA) is 76.4 Å². The van der Waals surface area contributed by atoms with Gasteiger partial charge in [0.25, 0.3) is 0 Å². The molecule has 0 bridgehead atoms. The Morgan fingerprint density at radius 1 is 1.14 bits per heavy atom. The van der Waals surface area contributed by atoms with Crippen LogP contribution in [-0.2, 0) is 14.3 Å². The molecule has 0 amide bonds. The minimum atomic E-state index is -0.676. The predicted octanol–water partition coefficient (Wildman–Crippen LogP) is 2.75. The molecule has 0 radical (unpaired) electrons. The van der Waals surface area contributed by atoms with Crippen molar-refractivity contribution in [1.82, 2.24) is 0 Å². The molecule has 0 spiro atoms. The van der Waals surface area contributed by atoms with E-state index in [0.717, 1.165) is 31.4 Å². The van der Waals surface area contributed by atoms with Gasteiger partial charge in [-0.05, 0) is 30.7 Å². The number of nitriles is 1. The average molecular weight is 287 g/mol. The molecule has 0 saturated carbocycles. The van der Waals surface area contributed by atoms with E-state index in [1.165, 1.54) is 24.3 Å². The van der Waals surface area contributed by atoms with Crippen molar-refractivity contribution in [1.29, 1.82) is 5.26 Å². The van der Waals surface area contributed by atoms with Crippen LogP contribution in [0, 0.1) is 11.3 Å². The lowest BCUT2D eigenvalue weighted by atomic mass is 10.2. The van der Waals surface area contributed by atoms with Crippen LogP contribution in [0.3, 0.4) is 0 Å². The number of hydrogen-bond acceptors (Lipinski definition) is 5. The fraction of sp³-hybridized carbons (Fsp3) is 0.312. The Balaban J connectivity index is 2.36. The normalized spacial score (nSPS) is 10.1. The summed E-state index contributed by atoms with van der Waals surface area (Å²) in [6, 6.07) is 8.05. The maximum Gasteiger partial charge on any atom is 0.336 e. The molecule has 1 aromatic rings. The first-order chi connectivity index (χ1) is 10.2. The number of nitrogens with zero attached hydrogens (tertiary/aromatic N) is 1. The van der Waals surface area contributed by atoms with Gasteiger partial charge in [-0.3, -0.25) is 0 Å². The van der Waals surface area contributed by atoms with Crippen LogP contribution in [0.4, 0.5) is 0 Å². The van der Waals surface area contributed by atoms with E-state index in [1.807, 2.05) is 6.07 Å². The number of rotatable bonds is 7. The quantitative estimate of drug-likeness (QED) is 0.333. The summed E-state index contributed by atoms with van der Waals surface area (Å²) in [5, 5.41) is 8.64. The van der Waals surface area contributed by atoms with E-state index in [9.17, 15) is 9.59 Å². The lowest BCUT2D eigenvalue weighted by Gasteiger charge is -2.01. The van der Waals surface area contributed by atoms with Gasteiger partial charge in [0.1, 0.15) is 5.75 Å². The summed E-state index contributed by atoms with van der Waals surface area (Å²) in [7, 11) is 0. The first kappa shape index (κ1) is 16.4. The van der Waals surface area contributed by atoms with E-state index in [0.29, 0.717) is 17.9 Å². The molecule has 0 aliphatic rings. The Labute approximate surface area is 123 Å². The zero-order valence-corrected chi connectivity index (χ0v) is 11.9. The lowest BCUT2D eigenvalue weighted by molar-refractivity contribution is -0.138. The third-order valence-corrected chi connectivity index (χ3v) is 2.55. The molecule has 0 aromatic heterocycles. The molecule has 1 aromatic carbocycles. The molecule has 0 unspecified atom stereocenters. The van der Waals surface area contributed by atoms with Gasteiger partial charge in [-0.1, -0.05) is 19.8 Å². The first-order valence-electron chi connectivity index (χ1n) is 6.72. The first-order valence-corrected chi connectivity index (χ1v) is 6.72. The van der Waals surface area contributed by atoms with E-state index in [2.05, 4.69) is 6.92 Å². The molecule has 0 saturated heterocycles. The molecule has 0 aliphatic carbocycles. The van der Waals surface area contributed by atoms with Crippen molar-refractivity contribution in [3.8, 4) is 11.8 Å². The van der Waals surface area contributed by atoms with E-state index in [4.69, 9.17) is 14.7 Å². The molecule has 0 aliphatic heterocycles. The Kier molecular flexibility index (Phi) is 7.30. The number of unbranched alkanes of at least 4 members (excludes halogenated alkanes) is 2. The fourth-order valence-electron chi connectivity index (χ4n) is 1.46. The lowest BCUT2D eigenvalue weighted by Crippen LogP contribution is -2.07. The minimum Gasteiger partial charge on any atom is -0.463 e. The molecule has 5 nitrogen and oxygen atoms in total. The maximum absolute atomic E-state index is 11.5. The number of ether oxygens (including phenoxy) is 2. The number of benzene rings is 1. The van der Waals surface area contributed by atoms with Crippen molar-refractivity contribution in [2.45, 2.75) is 26.2 Å². The van der Waals surface area contributed by atoms with Gasteiger partial charge in [0.05, 0.1) is 18.2 Å². The summed E-state index contributed by atoms with van der Waals surface area (Å²) in [6.45, 7) is 2.41. The molecule has 0 fully saturated rings. The summed E-state index contributed by atoms with van der Waals surface area (Å²) in [5.41, 5.74) is 0.473. The van der Waals surface area contributed by atoms with Gasteiger partial charge in [-0.2, -0.15) is 5.26 Å². The van der Waals surface area contributed by atoms with Crippen LogP contribution in [0.5, 0.6) is 5.75 Å². The van der Waals surface area contributed by atoms with Gasteiger partial charge < -0.3 is 9.47 Å². The van der Waals surface area contributed by atoms with E-state index in [-0.39, 0.29) is 0 Å². The Morgan fingerprint density at radius 2 is 1.81 bits per heavy atom. The molecular formula is C16H17NO4. The molecule has 110 valence electrons. The molecule has 0 heterocycles. The molecule has 5 heteroatoms. The number of carbonyl (C=O) groups excluding carboxylic acids is 2. The van der Waals surface area contributed by atoms with Crippen molar-refractivity contribution in [2.24, 2.45) is 0 Å². The molecule has 1 rings (SSSR count). The fourth-order valence-corrected chi connectivity index (χ4v) is 1.46. The van der Waals surface area contributed by atoms with Crippen LogP contribution in [-0.4, -0.2) is 18.5 Å². The predicted molar refractivity (Wildman–Crippen MR) is 76.4 cm³/mol. The summed E-state index contributed by atoms with van der Waals surface area (Å²) < 4.78 is 9.87. The second-order valence-corrected chi connectivity index (χ2v) is 4.27. The smallest absolute Gasteiger partial charge is 0.336 e. The highest BCUT2D eigenvalue weighted by atomic mass is 16.5. The van der Waals surface area contributed by atoms with E-state index in [1.54, 1.807) is 0 Å². The molecule has 0 N–H and O–H groups in total. The van der Waals surface area contributed by atoms with Crippen LogP contribution in [0.15, 0.2) is 36.4 Å². The Morgan fingerprint density at radius 3 is 2.43 bits per heavy atom. The van der Waals surface area contributed by atoms with Crippen LogP contribution in [0.1, 0.15) is 31.7 Å². The van der Waals surface area contributed by atoms with Gasteiger partial charge in [0.15, 0.2) is 0 Å². The zero-order valence-electron chi connectivity index (χ0n) is 11.9. The van der Waals surface area contributed by atoms with Gasteiger partial charge >= 0.3 is 11.9 Å². The second-order valence-electron chi connectivity index (χ2n) is 4.27. The maximum atomic E-state index is 11.5. The highest BCUT2D eigenvalue weighted by Gasteiger charge is 2.03. The number of hydrogen-bond donors (Lipinski definition) is 0. The number of carbonyl (C=O) groups is 2. The van der Waals surface area contributed by atoms with Crippen molar-refractivity contribution in [3.05, 3.63) is 42.0 Å². The van der Waals surface area contributed by atoms with Crippen LogP contribution < -0.4 is 4.74 Å². The Hall–Kier alpha value is -2.61. The van der Waals surface area contributed by atoms with Crippen molar-refractivity contribution in [2.75, 3.05) is 6.61 Å². The van der Waals surface area contributed by atoms with Gasteiger partial charge in [-0.15, -0.1) is 0 Å². The summed E-state index contributed by atoms with van der Waals surface area (Å²) in [6.07, 6.45) is 4.91. The van der Waals surface area contributed by atoms with Crippen molar-refractivity contribution in [3.63, 3.8) is 0 Å². The van der Waals surface area contributed by atoms with Gasteiger partial charge in [0.2, 0.25) is 0 Å². The third-order valence-electron chi connectivity index (χ3n) is 2.55. The number of esters is 2. The highest BCUT2D eigenvalue weighted by molar-refractivity contribution is 5.92. The summed E-state index contributed by atoms with van der Waals surface area (Å²) in [4.78, 5) is 22.8. The second kappa shape index (κ2) is 9.32. The SMILES string of the molecule is CCCCCOC(=O)/C=C/C(=O)Oc1ccc(C#N)cc1. The third kappa shape index (κ3) is 6.92. The Bertz CT molecular complexity index is 540. The monoisotopic (exact) mass is 287 g/mol. The van der Waals surface area contributed by atoms with Crippen LogP contribution in [0.2, 0.25) is 0 Å². The van der Waals surface area contributed by atoms with Gasteiger partial charge in [0, 0.05) is 12.2 Å². The summed E-state index contributed by atoms with van der Waals surface area (Å²) >= 11 is 0. The summed E-state index contributed by atoms with van der Waals surface area (Å²) in [5.74, 6) is -0.937. The van der Waals surface area contributed by atoms with E-state index >= 15 is 0 Å². The average Bonchev–Trinajstić information content (AvgIpc) is 2.50. The van der Waals surface area contributed by atoms with Crippen LogP contribution in [0.25, 0.3) is 0 Å². The minimum absolute atomic E-state index is 0.306. The molecular weight excluding hydrogens is 270 g/mol. The molecule has 21 heavy (non-hydrogen) atoms. The molecule has 0 atom stereocenters. The van der Waals surface area contributed by atoms with Crippen molar-refractivity contribution < 1.29 is 19.1 Å². The van der Waals surface area contributed by atoms with Crippen LogP contribution >= 0.6 is 0 Å². The van der Waals surface area contributed by atoms with Gasteiger partial charge in [-0.25, -0.2) is 9.59 Å².